The highest BCUT2D eigenvalue weighted by Crippen LogP contribution is 2.39. The normalized spacial score (nSPS) is 10.8. The first-order chi connectivity index (χ1) is 8.40. The lowest BCUT2D eigenvalue weighted by atomic mass is 10.1. The van der Waals surface area contributed by atoms with Crippen LogP contribution in [0.4, 0.5) is 0 Å². The van der Waals surface area contributed by atoms with Gasteiger partial charge in [-0.2, -0.15) is 0 Å². The van der Waals surface area contributed by atoms with Crippen molar-refractivity contribution in [2.24, 2.45) is 0 Å². The lowest BCUT2D eigenvalue weighted by Gasteiger charge is -2.09. The topological polar surface area (TPSA) is 0 Å². The van der Waals surface area contributed by atoms with Gasteiger partial charge >= 0.3 is 0 Å². The molecular formula is C12H4Br4Cl2. The Morgan fingerprint density at radius 1 is 0.667 bits per heavy atom. The quantitative estimate of drug-likeness (QED) is 0.326. The summed E-state index contributed by atoms with van der Waals surface area (Å²) in [6, 6.07) is 7.81. The van der Waals surface area contributed by atoms with Gasteiger partial charge in [0.25, 0.3) is 0 Å². The highest BCUT2D eigenvalue weighted by molar-refractivity contribution is 9.14. The Labute approximate surface area is 149 Å². The maximum atomic E-state index is 6.09. The van der Waals surface area contributed by atoms with Crippen LogP contribution in [0.25, 0.3) is 11.1 Å². The van der Waals surface area contributed by atoms with Gasteiger partial charge in [0.2, 0.25) is 0 Å². The number of halogens is 6. The zero-order valence-electron chi connectivity index (χ0n) is 8.58. The van der Waals surface area contributed by atoms with Crippen molar-refractivity contribution in [1.82, 2.24) is 0 Å². The monoisotopic (exact) mass is 534 g/mol. The van der Waals surface area contributed by atoms with E-state index in [-0.39, 0.29) is 0 Å². The Morgan fingerprint density at radius 3 is 1.61 bits per heavy atom. The van der Waals surface area contributed by atoms with E-state index in [0.29, 0.717) is 10.0 Å². The molecule has 6 heteroatoms. The number of rotatable bonds is 1. The molecule has 0 heterocycles. The third-order valence-electron chi connectivity index (χ3n) is 2.30. The Hall–Kier alpha value is 0.940. The fraction of sp³-hybridized carbons (Fsp3) is 0. The fourth-order valence-corrected chi connectivity index (χ4v) is 3.76. The zero-order chi connectivity index (χ0) is 13.4. The van der Waals surface area contributed by atoms with E-state index >= 15 is 0 Å². The average Bonchev–Trinajstić information content (AvgIpc) is 2.31. The summed E-state index contributed by atoms with van der Waals surface area (Å²) in [5.41, 5.74) is 2.03. The Balaban J connectivity index is 2.63. The SMILES string of the molecule is Clc1cc(-c2cc(Br)c(Br)c(Br)c2)cc(Br)c1Cl. The standard InChI is InChI=1S/C12H4Br4Cl2/c13-7-1-5(2-8(14)11(7)16)6-3-9(15)12(18)10(17)4-6/h1-4H. The predicted octanol–water partition coefficient (Wildman–Crippen LogP) is 7.71. The number of hydrogen-bond acceptors (Lipinski definition) is 0. The van der Waals surface area contributed by atoms with Crippen LogP contribution in [-0.2, 0) is 0 Å². The van der Waals surface area contributed by atoms with Gasteiger partial charge in [0, 0.05) is 17.9 Å². The molecule has 0 aliphatic carbocycles. The molecule has 0 saturated carbocycles. The van der Waals surface area contributed by atoms with E-state index in [0.717, 1.165) is 29.0 Å². The summed E-state index contributed by atoms with van der Waals surface area (Å²) < 4.78 is 3.69. The maximum Gasteiger partial charge on any atom is 0.0734 e. The number of hydrogen-bond donors (Lipinski definition) is 0. The highest BCUT2D eigenvalue weighted by atomic mass is 79.9. The second kappa shape index (κ2) is 6.15. The van der Waals surface area contributed by atoms with Crippen LogP contribution in [0.5, 0.6) is 0 Å². The molecule has 94 valence electrons. The molecule has 0 atom stereocenters. The van der Waals surface area contributed by atoms with E-state index in [1.54, 1.807) is 0 Å². The zero-order valence-corrected chi connectivity index (χ0v) is 16.4. The van der Waals surface area contributed by atoms with E-state index < -0.39 is 0 Å². The van der Waals surface area contributed by atoms with Gasteiger partial charge in [-0.1, -0.05) is 23.2 Å². The summed E-state index contributed by atoms with van der Waals surface area (Å²) in [5, 5.41) is 1.05. The molecule has 0 bridgehead atoms. The third kappa shape index (κ3) is 3.15. The molecule has 0 radical (unpaired) electrons. The lowest BCUT2D eigenvalue weighted by molar-refractivity contribution is 1.51. The van der Waals surface area contributed by atoms with E-state index in [1.165, 1.54) is 0 Å². The van der Waals surface area contributed by atoms with Crippen molar-refractivity contribution in [3.63, 3.8) is 0 Å². The van der Waals surface area contributed by atoms with Crippen LogP contribution in [0.2, 0.25) is 10.0 Å². The third-order valence-corrected chi connectivity index (χ3v) is 7.13. The molecule has 0 fully saturated rings. The Kier molecular flexibility index (Phi) is 5.24. The summed E-state index contributed by atoms with van der Waals surface area (Å²) in [7, 11) is 0. The van der Waals surface area contributed by atoms with Gasteiger partial charge in [-0.25, -0.2) is 0 Å². The minimum absolute atomic E-state index is 0.524. The van der Waals surface area contributed by atoms with Crippen molar-refractivity contribution >= 4 is 86.9 Å². The summed E-state index contributed by atoms with van der Waals surface area (Å²) >= 11 is 26.0. The first-order valence-corrected chi connectivity index (χ1v) is 8.62. The molecule has 0 spiro atoms. The minimum Gasteiger partial charge on any atom is -0.0826 e. The summed E-state index contributed by atoms with van der Waals surface area (Å²) in [5.74, 6) is 0. The molecule has 0 nitrogen and oxygen atoms in total. The minimum atomic E-state index is 0.524. The van der Waals surface area contributed by atoms with Gasteiger partial charge in [0.1, 0.15) is 0 Å². The van der Waals surface area contributed by atoms with Crippen molar-refractivity contribution in [2.45, 2.75) is 0 Å². The smallest absolute Gasteiger partial charge is 0.0734 e. The average molecular weight is 539 g/mol. The second-order valence-corrected chi connectivity index (χ2v) is 7.65. The van der Waals surface area contributed by atoms with Crippen LogP contribution in [0.3, 0.4) is 0 Å². The Bertz CT molecular complexity index is 524. The molecule has 2 aromatic rings. The molecular weight excluding hydrogens is 535 g/mol. The lowest BCUT2D eigenvalue weighted by Crippen LogP contribution is -1.83. The van der Waals surface area contributed by atoms with Crippen molar-refractivity contribution in [3.8, 4) is 11.1 Å². The van der Waals surface area contributed by atoms with Crippen LogP contribution in [-0.4, -0.2) is 0 Å². The molecule has 0 aliphatic heterocycles. The van der Waals surface area contributed by atoms with Gasteiger partial charge in [0.05, 0.1) is 10.0 Å². The van der Waals surface area contributed by atoms with Gasteiger partial charge < -0.3 is 0 Å². The van der Waals surface area contributed by atoms with E-state index in [2.05, 4.69) is 63.7 Å². The van der Waals surface area contributed by atoms with Crippen LogP contribution >= 0.6 is 86.9 Å². The summed E-state index contributed by atoms with van der Waals surface area (Å²) in [6.07, 6.45) is 0. The van der Waals surface area contributed by atoms with Crippen molar-refractivity contribution < 1.29 is 0 Å². The molecule has 0 saturated heterocycles. The van der Waals surface area contributed by atoms with Gasteiger partial charge in [0.15, 0.2) is 0 Å². The Morgan fingerprint density at radius 2 is 1.11 bits per heavy atom. The van der Waals surface area contributed by atoms with Crippen LogP contribution in [0.1, 0.15) is 0 Å². The predicted molar refractivity (Wildman–Crippen MR) is 92.7 cm³/mol. The van der Waals surface area contributed by atoms with E-state index in [9.17, 15) is 0 Å². The number of benzene rings is 2. The summed E-state index contributed by atoms with van der Waals surface area (Å²) in [6.45, 7) is 0. The van der Waals surface area contributed by atoms with Gasteiger partial charge in [-0.05, 0) is 99.1 Å². The maximum absolute atomic E-state index is 6.09. The van der Waals surface area contributed by atoms with Crippen molar-refractivity contribution in [2.75, 3.05) is 0 Å². The van der Waals surface area contributed by atoms with E-state index in [1.807, 2.05) is 24.3 Å². The van der Waals surface area contributed by atoms with Gasteiger partial charge in [-0.3, -0.25) is 0 Å². The van der Waals surface area contributed by atoms with Crippen molar-refractivity contribution in [3.05, 3.63) is 52.2 Å². The molecule has 0 unspecified atom stereocenters. The molecule has 0 amide bonds. The van der Waals surface area contributed by atoms with Crippen LogP contribution < -0.4 is 0 Å². The van der Waals surface area contributed by atoms with Crippen LogP contribution in [0.15, 0.2) is 42.2 Å². The highest BCUT2D eigenvalue weighted by Gasteiger charge is 2.10. The molecule has 2 rings (SSSR count). The molecule has 0 aromatic heterocycles. The molecule has 2 aromatic carbocycles. The second-order valence-electron chi connectivity index (χ2n) is 3.51. The van der Waals surface area contributed by atoms with Crippen LogP contribution in [0, 0.1) is 0 Å². The van der Waals surface area contributed by atoms with E-state index in [4.69, 9.17) is 23.2 Å². The van der Waals surface area contributed by atoms with Crippen molar-refractivity contribution in [1.29, 1.82) is 0 Å². The first-order valence-electron chi connectivity index (χ1n) is 4.69. The largest absolute Gasteiger partial charge is 0.0826 e. The van der Waals surface area contributed by atoms with Gasteiger partial charge in [-0.15, -0.1) is 0 Å². The summed E-state index contributed by atoms with van der Waals surface area (Å²) in [4.78, 5) is 0. The molecule has 0 N–H and O–H groups in total. The fourth-order valence-electron chi connectivity index (χ4n) is 1.44. The molecule has 18 heavy (non-hydrogen) atoms. The first kappa shape index (κ1) is 15.3. The molecule has 0 aliphatic rings.